The van der Waals surface area contributed by atoms with Crippen molar-refractivity contribution < 1.29 is 19.4 Å². The topological polar surface area (TPSA) is 63.6 Å². The first-order valence-corrected chi connectivity index (χ1v) is 19.2. The van der Waals surface area contributed by atoms with E-state index in [9.17, 15) is 9.59 Å². The van der Waals surface area contributed by atoms with Crippen LogP contribution in [0.1, 0.15) is 219 Å². The van der Waals surface area contributed by atoms with Crippen LogP contribution in [0.5, 0.6) is 0 Å². The second-order valence-corrected chi connectivity index (χ2v) is 13.1. The first-order valence-electron chi connectivity index (χ1n) is 19.2. The van der Waals surface area contributed by atoms with Crippen LogP contribution in [0.3, 0.4) is 0 Å². The van der Waals surface area contributed by atoms with Gasteiger partial charge in [-0.1, -0.05) is 154 Å². The molecule has 1 atom stereocenters. The van der Waals surface area contributed by atoms with E-state index in [2.05, 4.69) is 26.0 Å². The number of hydrogen-bond acceptors (Lipinski definition) is 3. The zero-order chi connectivity index (χ0) is 31.5. The fourth-order valence-electron chi connectivity index (χ4n) is 5.89. The van der Waals surface area contributed by atoms with Crippen molar-refractivity contribution in [2.75, 3.05) is 0 Å². The van der Waals surface area contributed by atoms with Gasteiger partial charge in [-0.2, -0.15) is 0 Å². The molecule has 0 aromatic heterocycles. The number of ether oxygens (including phenoxy) is 1. The van der Waals surface area contributed by atoms with Gasteiger partial charge in [0.1, 0.15) is 6.10 Å². The van der Waals surface area contributed by atoms with Crippen molar-refractivity contribution >= 4 is 11.9 Å². The van der Waals surface area contributed by atoms with E-state index in [1.165, 1.54) is 122 Å². The number of allylic oxidation sites excluding steroid dienone is 2. The molecule has 0 aliphatic heterocycles. The summed E-state index contributed by atoms with van der Waals surface area (Å²) >= 11 is 0. The molecule has 0 radical (unpaired) electrons. The third-order valence-corrected chi connectivity index (χ3v) is 8.74. The van der Waals surface area contributed by atoms with Gasteiger partial charge < -0.3 is 9.84 Å². The Morgan fingerprint density at radius 2 is 0.837 bits per heavy atom. The molecule has 1 N–H and O–H groups in total. The number of carbonyl (C=O) groups is 2. The summed E-state index contributed by atoms with van der Waals surface area (Å²) in [7, 11) is 0. The van der Waals surface area contributed by atoms with Crippen molar-refractivity contribution in [2.45, 2.75) is 225 Å². The van der Waals surface area contributed by atoms with Gasteiger partial charge in [0.2, 0.25) is 0 Å². The molecule has 0 rings (SSSR count). The molecule has 254 valence electrons. The highest BCUT2D eigenvalue weighted by atomic mass is 16.5. The Morgan fingerprint density at radius 3 is 1.26 bits per heavy atom. The number of carboxylic acid groups (broad SMARTS) is 1. The van der Waals surface area contributed by atoms with E-state index >= 15 is 0 Å². The Balaban J connectivity index is 3.77. The molecule has 0 spiro atoms. The zero-order valence-corrected chi connectivity index (χ0v) is 29.0. The second kappa shape index (κ2) is 35.2. The summed E-state index contributed by atoms with van der Waals surface area (Å²) in [5, 5.41) is 8.74. The van der Waals surface area contributed by atoms with Crippen LogP contribution >= 0.6 is 0 Å². The quantitative estimate of drug-likeness (QED) is 0.0443. The fourth-order valence-corrected chi connectivity index (χ4v) is 5.89. The number of aliphatic carboxylic acids is 1. The SMILES string of the molecule is CCCCCCCC/C=C\CCCCCCCCCCCC(=O)OC(CCCCCCC)CCCCCCCCC(=O)O. The highest BCUT2D eigenvalue weighted by molar-refractivity contribution is 5.69. The molecule has 4 heteroatoms. The van der Waals surface area contributed by atoms with E-state index < -0.39 is 5.97 Å². The lowest BCUT2D eigenvalue weighted by atomic mass is 10.0. The lowest BCUT2D eigenvalue weighted by Gasteiger charge is -2.18. The van der Waals surface area contributed by atoms with E-state index in [-0.39, 0.29) is 18.5 Å². The average Bonchev–Trinajstić information content (AvgIpc) is 2.99. The van der Waals surface area contributed by atoms with E-state index in [1.807, 2.05) is 0 Å². The minimum absolute atomic E-state index is 0.00764. The Morgan fingerprint density at radius 1 is 0.488 bits per heavy atom. The Kier molecular flexibility index (Phi) is 34.1. The molecule has 0 heterocycles. The summed E-state index contributed by atoms with van der Waals surface area (Å²) < 4.78 is 5.96. The third-order valence-electron chi connectivity index (χ3n) is 8.74. The summed E-state index contributed by atoms with van der Waals surface area (Å²) in [5.74, 6) is -0.685. The minimum Gasteiger partial charge on any atom is -0.481 e. The molecule has 1 unspecified atom stereocenters. The van der Waals surface area contributed by atoms with Crippen LogP contribution in [0, 0.1) is 0 Å². The van der Waals surface area contributed by atoms with Crippen molar-refractivity contribution in [3.63, 3.8) is 0 Å². The highest BCUT2D eigenvalue weighted by Crippen LogP contribution is 2.18. The normalized spacial score (nSPS) is 12.2. The maximum absolute atomic E-state index is 12.6. The summed E-state index contributed by atoms with van der Waals surface area (Å²) in [6, 6.07) is 0. The minimum atomic E-state index is -0.693. The standard InChI is InChI=1S/C39H74O4/c1-3-5-7-9-10-11-12-13-14-15-16-17-18-19-20-21-22-28-32-36-39(42)43-37(33-29-25-8-6-4-2)34-30-26-23-24-27-31-35-38(40)41/h13-14,37H,3-12,15-36H2,1-2H3,(H,40,41)/b14-13-. The Hall–Kier alpha value is -1.32. The second-order valence-electron chi connectivity index (χ2n) is 13.1. The van der Waals surface area contributed by atoms with Crippen molar-refractivity contribution in [2.24, 2.45) is 0 Å². The predicted octanol–water partition coefficient (Wildman–Crippen LogP) is 13.1. The molecule has 0 saturated carbocycles. The average molecular weight is 607 g/mol. The monoisotopic (exact) mass is 607 g/mol. The molecule has 0 bridgehead atoms. The van der Waals surface area contributed by atoms with Gasteiger partial charge in [-0.3, -0.25) is 9.59 Å². The molecule has 0 saturated heterocycles. The van der Waals surface area contributed by atoms with Gasteiger partial charge in [0.15, 0.2) is 0 Å². The molecule has 0 aromatic rings. The van der Waals surface area contributed by atoms with Crippen molar-refractivity contribution in [1.82, 2.24) is 0 Å². The molecule has 0 fully saturated rings. The van der Waals surface area contributed by atoms with Gasteiger partial charge in [-0.25, -0.2) is 0 Å². The van der Waals surface area contributed by atoms with Crippen molar-refractivity contribution in [3.05, 3.63) is 12.2 Å². The number of carbonyl (C=O) groups excluding carboxylic acids is 1. The largest absolute Gasteiger partial charge is 0.481 e. The smallest absolute Gasteiger partial charge is 0.306 e. The van der Waals surface area contributed by atoms with Gasteiger partial charge in [-0.15, -0.1) is 0 Å². The Bertz CT molecular complexity index is 614. The van der Waals surface area contributed by atoms with Gasteiger partial charge in [0.25, 0.3) is 0 Å². The predicted molar refractivity (Wildman–Crippen MR) is 186 cm³/mol. The summed E-state index contributed by atoms with van der Waals surface area (Å²) in [6.07, 6.45) is 42.5. The molecule has 0 aromatic carbocycles. The van der Waals surface area contributed by atoms with Crippen molar-refractivity contribution in [1.29, 1.82) is 0 Å². The van der Waals surface area contributed by atoms with Crippen molar-refractivity contribution in [3.8, 4) is 0 Å². The van der Waals surface area contributed by atoms with Crippen LogP contribution in [0.4, 0.5) is 0 Å². The number of esters is 1. The lowest BCUT2D eigenvalue weighted by molar-refractivity contribution is -0.150. The van der Waals surface area contributed by atoms with Gasteiger partial charge in [0.05, 0.1) is 0 Å². The number of rotatable bonds is 35. The number of hydrogen-bond donors (Lipinski definition) is 1. The molecule has 0 aliphatic rings. The van der Waals surface area contributed by atoms with Gasteiger partial charge >= 0.3 is 11.9 Å². The third kappa shape index (κ3) is 35.0. The molecule has 0 amide bonds. The maximum Gasteiger partial charge on any atom is 0.306 e. The first-order chi connectivity index (χ1) is 21.1. The zero-order valence-electron chi connectivity index (χ0n) is 29.0. The van der Waals surface area contributed by atoms with E-state index in [0.717, 1.165) is 70.6 Å². The number of carboxylic acids is 1. The van der Waals surface area contributed by atoms with Crippen LogP contribution in [0.15, 0.2) is 12.2 Å². The van der Waals surface area contributed by atoms with Gasteiger partial charge in [0, 0.05) is 12.8 Å². The molecule has 0 aliphatic carbocycles. The van der Waals surface area contributed by atoms with Crippen LogP contribution in [0.25, 0.3) is 0 Å². The molecular formula is C39H74O4. The van der Waals surface area contributed by atoms with Crippen LogP contribution in [-0.2, 0) is 14.3 Å². The highest BCUT2D eigenvalue weighted by Gasteiger charge is 2.14. The first kappa shape index (κ1) is 41.7. The van der Waals surface area contributed by atoms with Crippen LogP contribution < -0.4 is 0 Å². The van der Waals surface area contributed by atoms with E-state index in [0.29, 0.717) is 6.42 Å². The maximum atomic E-state index is 12.6. The van der Waals surface area contributed by atoms with Crippen LogP contribution in [-0.4, -0.2) is 23.1 Å². The molecule has 43 heavy (non-hydrogen) atoms. The van der Waals surface area contributed by atoms with E-state index in [1.54, 1.807) is 0 Å². The fraction of sp³-hybridized carbons (Fsp3) is 0.897. The number of unbranched alkanes of at least 4 members (excludes halogenated alkanes) is 24. The van der Waals surface area contributed by atoms with Gasteiger partial charge in [-0.05, 0) is 64.2 Å². The molecule has 4 nitrogen and oxygen atoms in total. The molecular weight excluding hydrogens is 532 g/mol. The summed E-state index contributed by atoms with van der Waals surface area (Å²) in [5.41, 5.74) is 0. The van der Waals surface area contributed by atoms with E-state index in [4.69, 9.17) is 9.84 Å². The summed E-state index contributed by atoms with van der Waals surface area (Å²) in [6.45, 7) is 4.52. The lowest BCUT2D eigenvalue weighted by Crippen LogP contribution is -2.18. The Labute approximate surface area is 268 Å². The van der Waals surface area contributed by atoms with Crippen LogP contribution in [0.2, 0.25) is 0 Å². The summed E-state index contributed by atoms with van der Waals surface area (Å²) in [4.78, 5) is 23.2.